The topological polar surface area (TPSA) is 38.9 Å². The van der Waals surface area contributed by atoms with E-state index in [1.165, 1.54) is 0 Å². The summed E-state index contributed by atoms with van der Waals surface area (Å²) in [7, 11) is 0. The molecular weight excluding hydrogens is 284 g/mol. The fraction of sp³-hybridized carbons (Fsp3) is 0.0833. The summed E-state index contributed by atoms with van der Waals surface area (Å²) >= 11 is 4.99. The van der Waals surface area contributed by atoms with Crippen molar-refractivity contribution in [3.8, 4) is 0 Å². The largest absolute Gasteiger partial charge is 0.398 e. The first-order valence-corrected chi connectivity index (χ1v) is 6.42. The van der Waals surface area contributed by atoms with Gasteiger partial charge in [-0.1, -0.05) is 23.9 Å². The van der Waals surface area contributed by atoms with Crippen LogP contribution in [0.25, 0.3) is 0 Å². The molecule has 0 aliphatic heterocycles. The van der Waals surface area contributed by atoms with Gasteiger partial charge in [-0.2, -0.15) is 0 Å². The normalized spacial score (nSPS) is 10.4. The molecule has 82 valence electrons. The maximum Gasteiger partial charge on any atom is 0.104 e. The van der Waals surface area contributed by atoms with E-state index < -0.39 is 0 Å². The third kappa shape index (κ3) is 2.57. The number of aryl methyl sites for hydroxylation is 1. The number of benzene rings is 1. The van der Waals surface area contributed by atoms with Crippen LogP contribution < -0.4 is 5.73 Å². The second-order valence-electron chi connectivity index (χ2n) is 3.42. The van der Waals surface area contributed by atoms with E-state index in [1.807, 2.05) is 31.2 Å². The summed E-state index contributed by atoms with van der Waals surface area (Å²) < 4.78 is 0.996. The molecule has 0 atom stereocenters. The number of para-hydroxylation sites is 1. The Morgan fingerprint density at radius 3 is 2.75 bits per heavy atom. The molecule has 0 aliphatic carbocycles. The Labute approximate surface area is 107 Å². The molecule has 0 bridgehead atoms. The number of anilines is 1. The highest BCUT2D eigenvalue weighted by atomic mass is 79.9. The summed E-state index contributed by atoms with van der Waals surface area (Å²) in [5, 5.41) is 0.987. The number of halogens is 1. The highest BCUT2D eigenvalue weighted by Gasteiger charge is 2.05. The molecule has 2 aromatic rings. The molecule has 2 nitrogen and oxygen atoms in total. The van der Waals surface area contributed by atoms with Crippen LogP contribution in [0.15, 0.2) is 50.9 Å². The number of aromatic nitrogens is 1. The molecule has 1 heterocycles. The van der Waals surface area contributed by atoms with Gasteiger partial charge in [0.15, 0.2) is 0 Å². The first-order valence-electron chi connectivity index (χ1n) is 4.81. The van der Waals surface area contributed by atoms with E-state index in [2.05, 4.69) is 27.0 Å². The second kappa shape index (κ2) is 4.89. The maximum atomic E-state index is 5.89. The highest BCUT2D eigenvalue weighted by molar-refractivity contribution is 9.10. The number of rotatable bonds is 2. The fourth-order valence-corrected chi connectivity index (χ4v) is 2.62. The van der Waals surface area contributed by atoms with E-state index >= 15 is 0 Å². The number of hydrogen-bond donors (Lipinski definition) is 1. The Bertz CT molecular complexity index is 514. The summed E-state index contributed by atoms with van der Waals surface area (Å²) in [5.41, 5.74) is 7.82. The number of nitrogens with two attached hydrogens (primary N) is 1. The van der Waals surface area contributed by atoms with Crippen LogP contribution in [0.2, 0.25) is 0 Å². The van der Waals surface area contributed by atoms with Crippen LogP contribution >= 0.6 is 27.7 Å². The molecule has 0 saturated heterocycles. The zero-order valence-electron chi connectivity index (χ0n) is 8.77. The van der Waals surface area contributed by atoms with Crippen molar-refractivity contribution < 1.29 is 0 Å². The smallest absolute Gasteiger partial charge is 0.104 e. The molecule has 0 fully saturated rings. The van der Waals surface area contributed by atoms with Gasteiger partial charge in [0.2, 0.25) is 0 Å². The molecule has 2 rings (SSSR count). The predicted octanol–water partition coefficient (Wildman–Crippen LogP) is 3.89. The molecule has 0 spiro atoms. The standard InChI is InChI=1S/C12H11BrN2S/c1-8-6-9(13)7-15-12(8)16-11-5-3-2-4-10(11)14/h2-7H,14H2,1H3. The average molecular weight is 295 g/mol. The first-order chi connectivity index (χ1) is 7.66. The van der Waals surface area contributed by atoms with Gasteiger partial charge in [0.05, 0.1) is 0 Å². The zero-order valence-corrected chi connectivity index (χ0v) is 11.2. The van der Waals surface area contributed by atoms with Crippen molar-refractivity contribution in [2.24, 2.45) is 0 Å². The molecule has 0 radical (unpaired) electrons. The third-order valence-electron chi connectivity index (χ3n) is 2.12. The molecule has 1 aromatic heterocycles. The minimum atomic E-state index is 0.789. The van der Waals surface area contributed by atoms with Gasteiger partial charge >= 0.3 is 0 Å². The van der Waals surface area contributed by atoms with Gasteiger partial charge in [-0.05, 0) is 46.6 Å². The number of nitrogen functional groups attached to an aromatic ring is 1. The number of pyridine rings is 1. The second-order valence-corrected chi connectivity index (χ2v) is 5.36. The minimum absolute atomic E-state index is 0.789. The van der Waals surface area contributed by atoms with E-state index in [1.54, 1.807) is 18.0 Å². The van der Waals surface area contributed by atoms with Crippen molar-refractivity contribution in [3.63, 3.8) is 0 Å². The Morgan fingerprint density at radius 1 is 1.31 bits per heavy atom. The van der Waals surface area contributed by atoms with Gasteiger partial charge < -0.3 is 5.73 Å². The molecule has 2 N–H and O–H groups in total. The van der Waals surface area contributed by atoms with Gasteiger partial charge in [-0.25, -0.2) is 4.98 Å². The lowest BCUT2D eigenvalue weighted by atomic mass is 10.3. The SMILES string of the molecule is Cc1cc(Br)cnc1Sc1ccccc1N. The highest BCUT2D eigenvalue weighted by Crippen LogP contribution is 2.32. The van der Waals surface area contributed by atoms with Crippen molar-refractivity contribution >= 4 is 33.4 Å². The lowest BCUT2D eigenvalue weighted by Gasteiger charge is -2.06. The predicted molar refractivity (Wildman–Crippen MR) is 71.7 cm³/mol. The first kappa shape index (κ1) is 11.5. The van der Waals surface area contributed by atoms with Crippen LogP contribution in [0.1, 0.15) is 5.56 Å². The molecular formula is C12H11BrN2S. The number of hydrogen-bond acceptors (Lipinski definition) is 3. The maximum absolute atomic E-state index is 5.89. The molecule has 0 saturated carbocycles. The van der Waals surface area contributed by atoms with Crippen LogP contribution in [-0.4, -0.2) is 4.98 Å². The Hall–Kier alpha value is -1.00. The molecule has 0 amide bonds. The summed E-state index contributed by atoms with van der Waals surface area (Å²) in [6.45, 7) is 2.04. The van der Waals surface area contributed by atoms with E-state index in [0.29, 0.717) is 0 Å². The summed E-state index contributed by atoms with van der Waals surface area (Å²) in [6, 6.07) is 9.86. The third-order valence-corrected chi connectivity index (χ3v) is 3.77. The van der Waals surface area contributed by atoms with E-state index in [4.69, 9.17) is 5.73 Å². The van der Waals surface area contributed by atoms with Crippen molar-refractivity contribution in [2.75, 3.05) is 5.73 Å². The summed E-state index contributed by atoms with van der Waals surface area (Å²) in [4.78, 5) is 5.42. The van der Waals surface area contributed by atoms with E-state index in [9.17, 15) is 0 Å². The van der Waals surface area contributed by atoms with Gasteiger partial charge in [-0.3, -0.25) is 0 Å². The van der Waals surface area contributed by atoms with Crippen LogP contribution in [-0.2, 0) is 0 Å². The Morgan fingerprint density at radius 2 is 2.06 bits per heavy atom. The zero-order chi connectivity index (χ0) is 11.5. The van der Waals surface area contributed by atoms with Crippen molar-refractivity contribution in [1.82, 2.24) is 4.98 Å². The van der Waals surface area contributed by atoms with E-state index in [-0.39, 0.29) is 0 Å². The summed E-state index contributed by atoms with van der Waals surface area (Å²) in [5.74, 6) is 0. The van der Waals surface area contributed by atoms with Crippen molar-refractivity contribution in [1.29, 1.82) is 0 Å². The Kier molecular flexibility index (Phi) is 3.51. The van der Waals surface area contributed by atoms with E-state index in [0.717, 1.165) is 25.6 Å². The van der Waals surface area contributed by atoms with Gasteiger partial charge in [0.1, 0.15) is 5.03 Å². The lowest BCUT2D eigenvalue weighted by Crippen LogP contribution is -1.90. The Balaban J connectivity index is 2.31. The number of nitrogens with zero attached hydrogens (tertiary/aromatic N) is 1. The lowest BCUT2D eigenvalue weighted by molar-refractivity contribution is 1.07. The molecule has 0 unspecified atom stereocenters. The fourth-order valence-electron chi connectivity index (χ4n) is 1.31. The van der Waals surface area contributed by atoms with Crippen molar-refractivity contribution in [2.45, 2.75) is 16.8 Å². The van der Waals surface area contributed by atoms with Crippen LogP contribution in [0.5, 0.6) is 0 Å². The molecule has 4 heteroatoms. The summed E-state index contributed by atoms with van der Waals surface area (Å²) in [6.07, 6.45) is 1.80. The molecule has 1 aromatic carbocycles. The molecule has 0 aliphatic rings. The van der Waals surface area contributed by atoms with Crippen LogP contribution in [0, 0.1) is 6.92 Å². The minimum Gasteiger partial charge on any atom is -0.398 e. The quantitative estimate of drug-likeness (QED) is 0.854. The monoisotopic (exact) mass is 294 g/mol. The van der Waals surface area contributed by atoms with Gasteiger partial charge in [0.25, 0.3) is 0 Å². The van der Waals surface area contributed by atoms with Crippen LogP contribution in [0.4, 0.5) is 5.69 Å². The van der Waals surface area contributed by atoms with Crippen molar-refractivity contribution in [3.05, 3.63) is 46.6 Å². The van der Waals surface area contributed by atoms with Crippen LogP contribution in [0.3, 0.4) is 0 Å². The average Bonchev–Trinajstić information content (AvgIpc) is 2.25. The molecule has 16 heavy (non-hydrogen) atoms. The van der Waals surface area contributed by atoms with Gasteiger partial charge in [-0.15, -0.1) is 0 Å². The van der Waals surface area contributed by atoms with Gasteiger partial charge in [0, 0.05) is 21.3 Å².